The molecule has 4 nitrogen and oxygen atoms in total. The first-order valence-corrected chi connectivity index (χ1v) is 4.53. The highest BCUT2D eigenvalue weighted by molar-refractivity contribution is 5.93. The van der Waals surface area contributed by atoms with E-state index in [0.717, 1.165) is 19.3 Å². The Hall–Kier alpha value is -1.06. The maximum absolute atomic E-state index is 11.1. The molecule has 13 heavy (non-hydrogen) atoms. The van der Waals surface area contributed by atoms with Crippen molar-refractivity contribution in [2.24, 2.45) is 0 Å². The molecule has 0 bridgehead atoms. The molecule has 0 spiro atoms. The van der Waals surface area contributed by atoms with Gasteiger partial charge in [0.05, 0.1) is 0 Å². The highest BCUT2D eigenvalue weighted by Gasteiger charge is 2.11. The van der Waals surface area contributed by atoms with E-state index in [1.807, 2.05) is 0 Å². The van der Waals surface area contributed by atoms with Gasteiger partial charge in [0.15, 0.2) is 0 Å². The SMILES string of the molecule is CCCCCN(C)C(=O)CC(=O)O. The Kier molecular flexibility index (Phi) is 5.93. The Morgan fingerprint density at radius 2 is 1.92 bits per heavy atom. The summed E-state index contributed by atoms with van der Waals surface area (Å²) in [4.78, 5) is 22.8. The van der Waals surface area contributed by atoms with Crippen LogP contribution in [0.1, 0.15) is 32.6 Å². The standard InChI is InChI=1S/C9H17NO3/c1-3-4-5-6-10(2)8(11)7-9(12)13/h3-7H2,1-2H3,(H,12,13). The molecule has 4 heteroatoms. The third-order valence-corrected chi connectivity index (χ3v) is 1.83. The molecule has 0 aromatic carbocycles. The summed E-state index contributed by atoms with van der Waals surface area (Å²) in [6.07, 6.45) is 2.71. The van der Waals surface area contributed by atoms with Gasteiger partial charge in [0.25, 0.3) is 0 Å². The Bertz CT molecular complexity index is 180. The minimum absolute atomic E-state index is 0.316. The quantitative estimate of drug-likeness (QED) is 0.500. The van der Waals surface area contributed by atoms with Gasteiger partial charge in [-0.1, -0.05) is 19.8 Å². The topological polar surface area (TPSA) is 57.6 Å². The largest absolute Gasteiger partial charge is 0.481 e. The fraction of sp³-hybridized carbons (Fsp3) is 0.778. The third kappa shape index (κ3) is 6.13. The van der Waals surface area contributed by atoms with Crippen molar-refractivity contribution >= 4 is 11.9 Å². The number of carbonyl (C=O) groups excluding carboxylic acids is 1. The minimum Gasteiger partial charge on any atom is -0.481 e. The number of hydrogen-bond donors (Lipinski definition) is 1. The molecule has 0 aliphatic heterocycles. The summed E-state index contributed by atoms with van der Waals surface area (Å²) < 4.78 is 0. The van der Waals surface area contributed by atoms with E-state index in [9.17, 15) is 9.59 Å². The molecule has 0 fully saturated rings. The Morgan fingerprint density at radius 3 is 2.38 bits per heavy atom. The number of carboxylic acid groups (broad SMARTS) is 1. The second kappa shape index (κ2) is 6.46. The van der Waals surface area contributed by atoms with Crippen LogP contribution in [0.4, 0.5) is 0 Å². The lowest BCUT2D eigenvalue weighted by molar-refractivity contribution is -0.143. The number of carboxylic acids is 1. The predicted molar refractivity (Wildman–Crippen MR) is 49.4 cm³/mol. The summed E-state index contributed by atoms with van der Waals surface area (Å²) in [7, 11) is 1.64. The fourth-order valence-corrected chi connectivity index (χ4v) is 0.988. The molecule has 0 aromatic rings. The number of amides is 1. The van der Waals surface area contributed by atoms with Crippen molar-refractivity contribution in [2.75, 3.05) is 13.6 Å². The molecule has 0 heterocycles. The number of unbranched alkanes of at least 4 members (excludes halogenated alkanes) is 2. The number of rotatable bonds is 6. The summed E-state index contributed by atoms with van der Waals surface area (Å²) >= 11 is 0. The lowest BCUT2D eigenvalue weighted by atomic mass is 10.2. The number of hydrogen-bond acceptors (Lipinski definition) is 2. The van der Waals surface area contributed by atoms with Gasteiger partial charge in [-0.25, -0.2) is 0 Å². The molecule has 1 N–H and O–H groups in total. The maximum atomic E-state index is 11.1. The highest BCUT2D eigenvalue weighted by Crippen LogP contribution is 1.98. The van der Waals surface area contributed by atoms with Crippen molar-refractivity contribution < 1.29 is 14.7 Å². The van der Waals surface area contributed by atoms with Gasteiger partial charge in [-0.3, -0.25) is 9.59 Å². The number of aliphatic carboxylic acids is 1. The van der Waals surface area contributed by atoms with Crippen LogP contribution in [0.3, 0.4) is 0 Å². The van der Waals surface area contributed by atoms with Crippen LogP contribution >= 0.6 is 0 Å². The molecule has 0 aromatic heterocycles. The van der Waals surface area contributed by atoms with Crippen LogP contribution in [0, 0.1) is 0 Å². The van der Waals surface area contributed by atoms with Crippen molar-refractivity contribution in [1.29, 1.82) is 0 Å². The van der Waals surface area contributed by atoms with E-state index in [2.05, 4.69) is 6.92 Å². The second-order valence-electron chi connectivity index (χ2n) is 3.09. The van der Waals surface area contributed by atoms with Crippen molar-refractivity contribution in [3.05, 3.63) is 0 Å². The average Bonchev–Trinajstić information content (AvgIpc) is 2.03. The molecule has 0 saturated heterocycles. The Balaban J connectivity index is 3.63. The van der Waals surface area contributed by atoms with Crippen LogP contribution in [0.2, 0.25) is 0 Å². The predicted octanol–water partition coefficient (Wildman–Crippen LogP) is 1.11. The van der Waals surface area contributed by atoms with E-state index >= 15 is 0 Å². The fourth-order valence-electron chi connectivity index (χ4n) is 0.988. The van der Waals surface area contributed by atoms with Crippen molar-refractivity contribution in [3.63, 3.8) is 0 Å². The van der Waals surface area contributed by atoms with E-state index in [1.165, 1.54) is 4.90 Å². The van der Waals surface area contributed by atoms with Crippen LogP contribution in [-0.4, -0.2) is 35.5 Å². The lowest BCUT2D eigenvalue weighted by Crippen LogP contribution is -2.29. The molecule has 0 radical (unpaired) electrons. The zero-order valence-electron chi connectivity index (χ0n) is 8.25. The molecule has 1 amide bonds. The van der Waals surface area contributed by atoms with Gasteiger partial charge >= 0.3 is 5.97 Å². The molecular weight excluding hydrogens is 170 g/mol. The normalized spacial score (nSPS) is 9.69. The molecular formula is C9H17NO3. The highest BCUT2D eigenvalue weighted by atomic mass is 16.4. The zero-order valence-corrected chi connectivity index (χ0v) is 8.25. The van der Waals surface area contributed by atoms with Crippen molar-refractivity contribution in [2.45, 2.75) is 32.6 Å². The first-order valence-electron chi connectivity index (χ1n) is 4.53. The van der Waals surface area contributed by atoms with Gasteiger partial charge in [0, 0.05) is 13.6 Å². The Morgan fingerprint density at radius 1 is 1.31 bits per heavy atom. The second-order valence-corrected chi connectivity index (χ2v) is 3.09. The van der Waals surface area contributed by atoms with E-state index in [-0.39, 0.29) is 5.91 Å². The average molecular weight is 187 g/mol. The van der Waals surface area contributed by atoms with Gasteiger partial charge in [-0.05, 0) is 6.42 Å². The van der Waals surface area contributed by atoms with E-state index in [1.54, 1.807) is 7.05 Å². The minimum atomic E-state index is -1.06. The smallest absolute Gasteiger partial charge is 0.312 e. The van der Waals surface area contributed by atoms with Gasteiger partial charge in [-0.2, -0.15) is 0 Å². The van der Waals surface area contributed by atoms with E-state index < -0.39 is 12.4 Å². The van der Waals surface area contributed by atoms with Gasteiger partial charge in [0.1, 0.15) is 6.42 Å². The first kappa shape index (κ1) is 11.9. The maximum Gasteiger partial charge on any atom is 0.312 e. The van der Waals surface area contributed by atoms with Crippen LogP contribution in [0.5, 0.6) is 0 Å². The van der Waals surface area contributed by atoms with Crippen molar-refractivity contribution in [3.8, 4) is 0 Å². The molecule has 0 saturated carbocycles. The molecule has 0 aliphatic rings. The zero-order chi connectivity index (χ0) is 10.3. The van der Waals surface area contributed by atoms with Crippen LogP contribution in [0.25, 0.3) is 0 Å². The summed E-state index contributed by atoms with van der Waals surface area (Å²) in [6.45, 7) is 2.74. The van der Waals surface area contributed by atoms with Crippen molar-refractivity contribution in [1.82, 2.24) is 4.90 Å². The summed E-state index contributed by atoms with van der Waals surface area (Å²) in [6, 6.07) is 0. The molecule has 0 atom stereocenters. The molecule has 0 aliphatic carbocycles. The third-order valence-electron chi connectivity index (χ3n) is 1.83. The van der Waals surface area contributed by atoms with Gasteiger partial charge in [-0.15, -0.1) is 0 Å². The van der Waals surface area contributed by atoms with Gasteiger partial charge in [0.2, 0.25) is 5.91 Å². The van der Waals surface area contributed by atoms with Gasteiger partial charge < -0.3 is 10.0 Å². The number of carbonyl (C=O) groups is 2. The van der Waals surface area contributed by atoms with E-state index in [0.29, 0.717) is 6.54 Å². The number of nitrogens with zero attached hydrogens (tertiary/aromatic N) is 1. The van der Waals surface area contributed by atoms with E-state index in [4.69, 9.17) is 5.11 Å². The van der Waals surface area contributed by atoms with Crippen LogP contribution in [0.15, 0.2) is 0 Å². The lowest BCUT2D eigenvalue weighted by Gasteiger charge is -2.15. The summed E-state index contributed by atoms with van der Waals surface area (Å²) in [5.74, 6) is -1.38. The Labute approximate surface area is 78.5 Å². The molecule has 0 rings (SSSR count). The van der Waals surface area contributed by atoms with Crippen LogP contribution in [-0.2, 0) is 9.59 Å². The molecule has 76 valence electrons. The van der Waals surface area contributed by atoms with Crippen LogP contribution < -0.4 is 0 Å². The first-order chi connectivity index (χ1) is 6.07. The monoisotopic (exact) mass is 187 g/mol. The summed E-state index contributed by atoms with van der Waals surface area (Å²) in [5, 5.41) is 8.36. The summed E-state index contributed by atoms with van der Waals surface area (Å²) in [5.41, 5.74) is 0. The molecule has 0 unspecified atom stereocenters.